The van der Waals surface area contributed by atoms with Crippen molar-refractivity contribution in [3.8, 4) is 0 Å². The molecule has 1 rings (SSSR count). The Hall–Kier alpha value is -0.290. The molecule has 5 heteroatoms. The van der Waals surface area contributed by atoms with Crippen LogP contribution in [0.25, 0.3) is 0 Å². The average molecular weight is 198 g/mol. The molecule has 1 N–H and O–H groups in total. The Morgan fingerprint density at radius 2 is 2.15 bits per heavy atom. The number of rotatable bonds is 3. The van der Waals surface area contributed by atoms with Crippen molar-refractivity contribution in [1.82, 2.24) is 0 Å². The van der Waals surface area contributed by atoms with Crippen molar-refractivity contribution in [2.75, 3.05) is 6.61 Å². The van der Waals surface area contributed by atoms with Crippen LogP contribution in [0.5, 0.6) is 0 Å². The minimum Gasteiger partial charge on any atom is -0.393 e. The molecule has 78 valence electrons. The van der Waals surface area contributed by atoms with Gasteiger partial charge in [0, 0.05) is 6.61 Å². The number of halogens is 3. The second kappa shape index (κ2) is 4.28. The van der Waals surface area contributed by atoms with Gasteiger partial charge in [-0.3, -0.25) is 0 Å². The van der Waals surface area contributed by atoms with Crippen LogP contribution in [0.4, 0.5) is 13.2 Å². The fourth-order valence-corrected chi connectivity index (χ4v) is 1.48. The molecule has 2 unspecified atom stereocenters. The maximum absolute atomic E-state index is 11.8. The Kier molecular flexibility index (Phi) is 3.55. The molecule has 0 saturated carbocycles. The summed E-state index contributed by atoms with van der Waals surface area (Å²) in [5.74, 6) is 0. The zero-order chi connectivity index (χ0) is 9.90. The number of ether oxygens (including phenoxy) is 1. The molecule has 1 aliphatic heterocycles. The van der Waals surface area contributed by atoms with E-state index < -0.39 is 18.7 Å². The number of aliphatic hydroxyl groups is 1. The highest BCUT2D eigenvalue weighted by atomic mass is 19.4. The summed E-state index contributed by atoms with van der Waals surface area (Å²) in [4.78, 5) is 0. The second-order valence-corrected chi connectivity index (χ2v) is 3.34. The molecule has 0 radical (unpaired) electrons. The van der Waals surface area contributed by atoms with E-state index in [1.165, 1.54) is 0 Å². The maximum atomic E-state index is 11.8. The van der Waals surface area contributed by atoms with Gasteiger partial charge in [0.25, 0.3) is 0 Å². The highest BCUT2D eigenvalue weighted by Crippen LogP contribution is 2.25. The van der Waals surface area contributed by atoms with Gasteiger partial charge in [0.15, 0.2) is 0 Å². The molecule has 0 amide bonds. The van der Waals surface area contributed by atoms with Crippen LogP contribution in [-0.4, -0.2) is 30.1 Å². The van der Waals surface area contributed by atoms with Crippen LogP contribution in [0.15, 0.2) is 0 Å². The first-order chi connectivity index (χ1) is 5.97. The van der Waals surface area contributed by atoms with Gasteiger partial charge in [0.05, 0.1) is 18.6 Å². The van der Waals surface area contributed by atoms with E-state index in [0.717, 1.165) is 12.8 Å². The van der Waals surface area contributed by atoms with E-state index in [0.29, 0.717) is 6.61 Å². The first-order valence-corrected chi connectivity index (χ1v) is 4.34. The third-order valence-electron chi connectivity index (χ3n) is 2.03. The van der Waals surface area contributed by atoms with E-state index in [4.69, 9.17) is 9.84 Å². The van der Waals surface area contributed by atoms with Crippen LogP contribution < -0.4 is 0 Å². The van der Waals surface area contributed by atoms with Crippen LogP contribution in [0, 0.1) is 0 Å². The minimum absolute atomic E-state index is 0.0967. The van der Waals surface area contributed by atoms with Gasteiger partial charge >= 0.3 is 6.18 Å². The average Bonchev–Trinajstić information content (AvgIpc) is 2.34. The minimum atomic E-state index is -4.28. The largest absolute Gasteiger partial charge is 0.393 e. The summed E-state index contributed by atoms with van der Waals surface area (Å²) in [5.41, 5.74) is 0. The molecule has 0 spiro atoms. The Morgan fingerprint density at radius 1 is 1.46 bits per heavy atom. The molecule has 2 atom stereocenters. The van der Waals surface area contributed by atoms with Crippen molar-refractivity contribution in [2.45, 2.75) is 44.1 Å². The molecule has 0 aromatic heterocycles. The van der Waals surface area contributed by atoms with E-state index in [-0.39, 0.29) is 12.5 Å². The molecule has 0 bridgehead atoms. The number of hydrogen-bond acceptors (Lipinski definition) is 2. The quantitative estimate of drug-likeness (QED) is 0.750. The van der Waals surface area contributed by atoms with Crippen molar-refractivity contribution in [2.24, 2.45) is 0 Å². The molecule has 13 heavy (non-hydrogen) atoms. The van der Waals surface area contributed by atoms with Gasteiger partial charge in [-0.25, -0.2) is 0 Å². The Bertz CT molecular complexity index is 152. The first kappa shape index (κ1) is 10.8. The van der Waals surface area contributed by atoms with E-state index in [1.54, 1.807) is 0 Å². The maximum Gasteiger partial charge on any atom is 0.391 e. The highest BCUT2D eigenvalue weighted by Gasteiger charge is 2.32. The molecular weight excluding hydrogens is 185 g/mol. The van der Waals surface area contributed by atoms with E-state index in [2.05, 4.69) is 0 Å². The molecule has 1 fully saturated rings. The van der Waals surface area contributed by atoms with Crippen LogP contribution in [0.3, 0.4) is 0 Å². The lowest BCUT2D eigenvalue weighted by Crippen LogP contribution is -2.23. The lowest BCUT2D eigenvalue weighted by atomic mass is 10.1. The van der Waals surface area contributed by atoms with Gasteiger partial charge in [-0.15, -0.1) is 0 Å². The summed E-state index contributed by atoms with van der Waals surface area (Å²) >= 11 is 0. The zero-order valence-corrected chi connectivity index (χ0v) is 7.18. The summed E-state index contributed by atoms with van der Waals surface area (Å²) < 4.78 is 40.4. The summed E-state index contributed by atoms with van der Waals surface area (Å²) in [7, 11) is 0. The second-order valence-electron chi connectivity index (χ2n) is 3.34. The van der Waals surface area contributed by atoms with E-state index in [1.807, 2.05) is 0 Å². The van der Waals surface area contributed by atoms with Crippen molar-refractivity contribution in [3.63, 3.8) is 0 Å². The monoisotopic (exact) mass is 198 g/mol. The van der Waals surface area contributed by atoms with Gasteiger partial charge < -0.3 is 9.84 Å². The predicted molar refractivity (Wildman–Crippen MR) is 40.3 cm³/mol. The van der Waals surface area contributed by atoms with Gasteiger partial charge in [-0.1, -0.05) is 0 Å². The Labute approximate surface area is 74.7 Å². The fraction of sp³-hybridized carbons (Fsp3) is 1.00. The summed E-state index contributed by atoms with van der Waals surface area (Å²) in [6.07, 6.45) is -5.18. The van der Waals surface area contributed by atoms with Crippen LogP contribution in [0.2, 0.25) is 0 Å². The molecule has 1 heterocycles. The summed E-state index contributed by atoms with van der Waals surface area (Å²) in [6.45, 7) is 0.601. The van der Waals surface area contributed by atoms with Crippen LogP contribution in [-0.2, 0) is 4.74 Å². The molecule has 1 aliphatic rings. The third kappa shape index (κ3) is 4.47. The molecule has 2 nitrogen and oxygen atoms in total. The zero-order valence-electron chi connectivity index (χ0n) is 7.18. The molecule has 1 saturated heterocycles. The molecule has 0 aromatic rings. The Balaban J connectivity index is 2.20. The van der Waals surface area contributed by atoms with E-state index >= 15 is 0 Å². The molecule has 0 aromatic carbocycles. The number of aliphatic hydroxyl groups excluding tert-OH is 1. The Morgan fingerprint density at radius 3 is 2.62 bits per heavy atom. The van der Waals surface area contributed by atoms with Crippen molar-refractivity contribution >= 4 is 0 Å². The lowest BCUT2D eigenvalue weighted by molar-refractivity contribution is -0.156. The smallest absolute Gasteiger partial charge is 0.391 e. The number of alkyl halides is 3. The predicted octanol–water partition coefficient (Wildman–Crippen LogP) is 1.87. The molecular formula is C8H13F3O2. The van der Waals surface area contributed by atoms with Crippen LogP contribution in [0.1, 0.15) is 25.7 Å². The third-order valence-corrected chi connectivity index (χ3v) is 2.03. The highest BCUT2D eigenvalue weighted by molar-refractivity contribution is 4.71. The van der Waals surface area contributed by atoms with E-state index in [9.17, 15) is 13.2 Å². The fourth-order valence-electron chi connectivity index (χ4n) is 1.48. The topological polar surface area (TPSA) is 29.5 Å². The van der Waals surface area contributed by atoms with Gasteiger partial charge in [-0.2, -0.15) is 13.2 Å². The summed E-state index contributed by atoms with van der Waals surface area (Å²) in [5, 5.41) is 9.05. The van der Waals surface area contributed by atoms with Crippen LogP contribution >= 0.6 is 0 Å². The van der Waals surface area contributed by atoms with Crippen molar-refractivity contribution in [1.29, 1.82) is 0 Å². The normalized spacial score (nSPS) is 26.3. The van der Waals surface area contributed by atoms with Gasteiger partial charge in [-0.05, 0) is 19.3 Å². The van der Waals surface area contributed by atoms with Gasteiger partial charge in [0.2, 0.25) is 0 Å². The SMILES string of the molecule is OC(CC1CCCO1)CC(F)(F)F. The van der Waals surface area contributed by atoms with Crippen molar-refractivity contribution < 1.29 is 23.0 Å². The summed E-state index contributed by atoms with van der Waals surface area (Å²) in [6, 6.07) is 0. The number of hydrogen-bond donors (Lipinski definition) is 1. The first-order valence-electron chi connectivity index (χ1n) is 4.34. The molecule has 0 aliphatic carbocycles. The lowest BCUT2D eigenvalue weighted by Gasteiger charge is -2.16. The van der Waals surface area contributed by atoms with Gasteiger partial charge in [0.1, 0.15) is 0 Å². The van der Waals surface area contributed by atoms with Crippen molar-refractivity contribution in [3.05, 3.63) is 0 Å². The standard InChI is InChI=1S/C8H13F3O2/c9-8(10,11)5-6(12)4-7-2-1-3-13-7/h6-7,12H,1-5H2.